The van der Waals surface area contributed by atoms with Crippen LogP contribution in [0.25, 0.3) is 22.4 Å². The summed E-state index contributed by atoms with van der Waals surface area (Å²) in [4.78, 5) is 22.0. The lowest BCUT2D eigenvalue weighted by Gasteiger charge is -2.36. The van der Waals surface area contributed by atoms with Crippen molar-refractivity contribution < 1.29 is 4.79 Å². The van der Waals surface area contributed by atoms with Crippen molar-refractivity contribution in [3.8, 4) is 28.5 Å². The average Bonchev–Trinajstić information content (AvgIpc) is 3.77. The molecule has 4 aromatic rings. The van der Waals surface area contributed by atoms with Crippen molar-refractivity contribution in [2.75, 3.05) is 18.5 Å². The summed E-state index contributed by atoms with van der Waals surface area (Å²) in [6, 6.07) is 24.0. The van der Waals surface area contributed by atoms with Gasteiger partial charge in [-0.3, -0.25) is 14.5 Å². The molecule has 7 heteroatoms. The van der Waals surface area contributed by atoms with Crippen LogP contribution in [-0.4, -0.2) is 45.2 Å². The summed E-state index contributed by atoms with van der Waals surface area (Å²) in [6.45, 7) is 1.80. The van der Waals surface area contributed by atoms with Crippen LogP contribution in [-0.2, 0) is 17.9 Å². The molecular formula is C32H30N6O. The first-order valence-corrected chi connectivity index (χ1v) is 13.4. The molecular weight excluding hydrogens is 484 g/mol. The largest absolute Gasteiger partial charge is 0.371 e. The quantitative estimate of drug-likeness (QED) is 0.313. The molecule has 0 unspecified atom stereocenters. The molecule has 2 aliphatic rings. The number of carbonyl (C=O) groups is 1. The Balaban J connectivity index is 1.33. The van der Waals surface area contributed by atoms with Gasteiger partial charge in [0.1, 0.15) is 5.69 Å². The van der Waals surface area contributed by atoms with Crippen molar-refractivity contribution in [1.29, 1.82) is 5.26 Å². The van der Waals surface area contributed by atoms with Crippen LogP contribution in [0.5, 0.6) is 0 Å². The van der Waals surface area contributed by atoms with E-state index in [1.165, 1.54) is 0 Å². The number of hydrogen-bond donors (Lipinski definition) is 0. The first kappa shape index (κ1) is 24.6. The maximum absolute atomic E-state index is 13.6. The van der Waals surface area contributed by atoms with Crippen LogP contribution >= 0.6 is 0 Å². The first-order valence-electron chi connectivity index (χ1n) is 13.4. The summed E-state index contributed by atoms with van der Waals surface area (Å²) in [6.07, 6.45) is 9.51. The van der Waals surface area contributed by atoms with Gasteiger partial charge in [-0.25, -0.2) is 0 Å². The number of rotatable bonds is 7. The third kappa shape index (κ3) is 5.06. The molecule has 2 aromatic carbocycles. The fourth-order valence-electron chi connectivity index (χ4n) is 5.44. The number of pyridine rings is 1. The molecule has 1 amide bonds. The maximum atomic E-state index is 13.6. The van der Waals surface area contributed by atoms with Gasteiger partial charge in [0, 0.05) is 48.9 Å². The smallest absolute Gasteiger partial charge is 0.246 e. The monoisotopic (exact) mass is 514 g/mol. The molecule has 1 aliphatic heterocycles. The molecule has 1 aliphatic carbocycles. The van der Waals surface area contributed by atoms with Gasteiger partial charge in [-0.05, 0) is 60.7 Å². The molecule has 0 radical (unpaired) electrons. The molecule has 2 aromatic heterocycles. The number of nitriles is 1. The van der Waals surface area contributed by atoms with E-state index >= 15 is 0 Å². The minimum atomic E-state index is 0.0366. The highest BCUT2D eigenvalue weighted by molar-refractivity contribution is 5.89. The lowest BCUT2D eigenvalue weighted by molar-refractivity contribution is -0.130. The van der Waals surface area contributed by atoms with Gasteiger partial charge in [0.15, 0.2) is 0 Å². The molecule has 0 spiro atoms. The molecule has 1 saturated carbocycles. The predicted molar refractivity (Wildman–Crippen MR) is 152 cm³/mol. The van der Waals surface area contributed by atoms with Gasteiger partial charge < -0.3 is 9.80 Å². The zero-order valence-corrected chi connectivity index (χ0v) is 21.9. The third-order valence-corrected chi connectivity index (χ3v) is 7.66. The van der Waals surface area contributed by atoms with Gasteiger partial charge in [0.25, 0.3) is 0 Å². The number of anilines is 1. The summed E-state index contributed by atoms with van der Waals surface area (Å²) >= 11 is 0. The fourth-order valence-corrected chi connectivity index (χ4v) is 5.44. The number of fused-ring (bicyclic) bond motifs is 1. The van der Waals surface area contributed by atoms with Gasteiger partial charge in [-0.15, -0.1) is 0 Å². The van der Waals surface area contributed by atoms with Crippen LogP contribution in [0.15, 0.2) is 91.3 Å². The second kappa shape index (κ2) is 10.6. The standard InChI is InChI=1S/C32H30N6O/c1-36(27-9-3-2-4-10-27)18-6-11-30(39)37-21-29-31(25-14-16-34-17-15-25)32(26-8-5-7-23(19-26)20-33)35-38(29)22-28(37)24-12-13-24/h2-11,14-17,19,24,28H,12-13,18,21-22H2,1H3/b11-6+/t28-/m1/s1. The van der Waals surface area contributed by atoms with Crippen molar-refractivity contribution in [3.63, 3.8) is 0 Å². The number of nitrogens with zero attached hydrogens (tertiary/aromatic N) is 6. The normalized spacial score (nSPS) is 16.6. The molecule has 0 N–H and O–H groups in total. The zero-order valence-electron chi connectivity index (χ0n) is 21.9. The van der Waals surface area contributed by atoms with Gasteiger partial charge in [-0.1, -0.05) is 36.4 Å². The summed E-state index contributed by atoms with van der Waals surface area (Å²) in [5.41, 5.74) is 6.44. The van der Waals surface area contributed by atoms with Gasteiger partial charge in [-0.2, -0.15) is 10.4 Å². The van der Waals surface area contributed by atoms with Gasteiger partial charge in [0.05, 0.1) is 36.5 Å². The molecule has 7 nitrogen and oxygen atoms in total. The lowest BCUT2D eigenvalue weighted by atomic mass is 9.97. The van der Waals surface area contributed by atoms with E-state index in [0.29, 0.717) is 31.1 Å². The molecule has 1 atom stereocenters. The van der Waals surface area contributed by atoms with Crippen molar-refractivity contribution in [2.24, 2.45) is 5.92 Å². The topological polar surface area (TPSA) is 78.1 Å². The number of likely N-dealkylation sites (N-methyl/N-ethyl adjacent to an activating group) is 1. The van der Waals surface area contributed by atoms with Crippen LogP contribution in [0.4, 0.5) is 5.69 Å². The van der Waals surface area contributed by atoms with Crippen LogP contribution in [0, 0.1) is 17.2 Å². The summed E-state index contributed by atoms with van der Waals surface area (Å²) in [7, 11) is 2.03. The second-order valence-electron chi connectivity index (χ2n) is 10.3. The number of aromatic nitrogens is 3. The van der Waals surface area contributed by atoms with E-state index in [4.69, 9.17) is 5.10 Å². The summed E-state index contributed by atoms with van der Waals surface area (Å²) in [5.74, 6) is 0.538. The van der Waals surface area contributed by atoms with E-state index < -0.39 is 0 Å². The number of amides is 1. The number of benzene rings is 2. The van der Waals surface area contributed by atoms with Crippen molar-refractivity contribution in [2.45, 2.75) is 32.0 Å². The molecule has 39 heavy (non-hydrogen) atoms. The third-order valence-electron chi connectivity index (χ3n) is 7.66. The molecule has 194 valence electrons. The Morgan fingerprint density at radius 1 is 1.08 bits per heavy atom. The predicted octanol–water partition coefficient (Wildman–Crippen LogP) is 5.30. The molecule has 0 bridgehead atoms. The van der Waals surface area contributed by atoms with Crippen LogP contribution in [0.1, 0.15) is 24.1 Å². The Hall–Kier alpha value is -4.70. The van der Waals surface area contributed by atoms with E-state index in [1.807, 2.05) is 66.6 Å². The van der Waals surface area contributed by atoms with Gasteiger partial charge >= 0.3 is 0 Å². The van der Waals surface area contributed by atoms with E-state index in [1.54, 1.807) is 24.5 Å². The number of hydrogen-bond acceptors (Lipinski definition) is 5. The highest BCUT2D eigenvalue weighted by atomic mass is 16.2. The minimum absolute atomic E-state index is 0.0366. The molecule has 1 fully saturated rings. The first-order chi connectivity index (χ1) is 19.1. The van der Waals surface area contributed by atoms with Crippen LogP contribution < -0.4 is 4.90 Å². The average molecular weight is 515 g/mol. The van der Waals surface area contributed by atoms with E-state index in [0.717, 1.165) is 46.6 Å². The Morgan fingerprint density at radius 3 is 2.62 bits per heavy atom. The van der Waals surface area contributed by atoms with Crippen molar-refractivity contribution in [3.05, 3.63) is 103 Å². The van der Waals surface area contributed by atoms with E-state index in [9.17, 15) is 10.1 Å². The van der Waals surface area contributed by atoms with Crippen molar-refractivity contribution >= 4 is 11.6 Å². The molecule has 3 heterocycles. The van der Waals surface area contributed by atoms with Crippen LogP contribution in [0.2, 0.25) is 0 Å². The summed E-state index contributed by atoms with van der Waals surface area (Å²) in [5, 5.41) is 14.6. The Bertz CT molecular complexity index is 1550. The maximum Gasteiger partial charge on any atom is 0.246 e. The Morgan fingerprint density at radius 2 is 1.87 bits per heavy atom. The Kier molecular flexibility index (Phi) is 6.68. The van der Waals surface area contributed by atoms with Crippen molar-refractivity contribution in [1.82, 2.24) is 19.7 Å². The SMILES string of the molecule is CN(C/C=C/C(=O)N1Cc2c(-c3ccncc3)c(-c3cccc(C#N)c3)nn2C[C@@H]1C1CC1)c1ccccc1. The van der Waals surface area contributed by atoms with E-state index in [-0.39, 0.29) is 11.9 Å². The summed E-state index contributed by atoms with van der Waals surface area (Å²) < 4.78 is 2.09. The zero-order chi connectivity index (χ0) is 26.8. The number of carbonyl (C=O) groups excluding carboxylic acids is 1. The number of para-hydroxylation sites is 1. The highest BCUT2D eigenvalue weighted by Gasteiger charge is 2.41. The minimum Gasteiger partial charge on any atom is -0.371 e. The van der Waals surface area contributed by atoms with E-state index in [2.05, 4.69) is 32.8 Å². The van der Waals surface area contributed by atoms with Gasteiger partial charge in [0.2, 0.25) is 5.91 Å². The second-order valence-corrected chi connectivity index (χ2v) is 10.3. The molecule has 0 saturated heterocycles. The van der Waals surface area contributed by atoms with Crippen LogP contribution in [0.3, 0.4) is 0 Å². The fraction of sp³-hybridized carbons (Fsp3) is 0.250. The lowest BCUT2D eigenvalue weighted by Crippen LogP contribution is -2.47. The highest BCUT2D eigenvalue weighted by Crippen LogP contribution is 2.42. The Labute approximate surface area is 228 Å². The molecule has 6 rings (SSSR count).